The monoisotopic (exact) mass is 391 g/mol. The van der Waals surface area contributed by atoms with Crippen molar-refractivity contribution in [2.24, 2.45) is 0 Å². The van der Waals surface area contributed by atoms with Crippen LogP contribution in [0.3, 0.4) is 0 Å². The molecule has 2 aliphatic rings. The van der Waals surface area contributed by atoms with Crippen molar-refractivity contribution in [3.63, 3.8) is 0 Å². The molecular weight excluding hydrogens is 369 g/mol. The Bertz CT molecular complexity index is 761. The third kappa shape index (κ3) is 4.22. The number of amides is 1. The number of thiocarbonyl (C=S) groups is 1. The number of hydrogen-bond acceptors (Lipinski definition) is 6. The second-order valence-electron chi connectivity index (χ2n) is 6.47. The lowest BCUT2D eigenvalue weighted by atomic mass is 10.2. The summed E-state index contributed by atoms with van der Waals surface area (Å²) in [7, 11) is 0. The van der Waals surface area contributed by atoms with Crippen LogP contribution in [0.15, 0.2) is 18.2 Å². The Morgan fingerprint density at radius 3 is 2.78 bits per heavy atom. The van der Waals surface area contributed by atoms with E-state index in [2.05, 4.69) is 11.5 Å². The van der Waals surface area contributed by atoms with Gasteiger partial charge in [0.15, 0.2) is 6.19 Å². The average Bonchev–Trinajstić information content (AvgIpc) is 3.06. The third-order valence-corrected chi connectivity index (χ3v) is 5.22. The van der Waals surface area contributed by atoms with E-state index < -0.39 is 11.9 Å². The zero-order chi connectivity index (χ0) is 19.4. The smallest absolute Gasteiger partial charge is 0.414 e. The van der Waals surface area contributed by atoms with Crippen molar-refractivity contribution in [1.82, 2.24) is 10.2 Å². The van der Waals surface area contributed by atoms with E-state index in [1.807, 2.05) is 11.8 Å². The van der Waals surface area contributed by atoms with Crippen molar-refractivity contribution < 1.29 is 13.9 Å². The van der Waals surface area contributed by atoms with Crippen molar-refractivity contribution in [2.45, 2.75) is 19.4 Å². The minimum atomic E-state index is -0.487. The summed E-state index contributed by atoms with van der Waals surface area (Å²) >= 11 is 5.16. The van der Waals surface area contributed by atoms with Crippen LogP contribution >= 0.6 is 12.2 Å². The maximum Gasteiger partial charge on any atom is 0.414 e. The molecule has 0 spiro atoms. The van der Waals surface area contributed by atoms with E-state index in [1.54, 1.807) is 17.0 Å². The van der Waals surface area contributed by atoms with Crippen molar-refractivity contribution >= 4 is 34.7 Å². The number of ether oxygens (including phenoxy) is 1. The van der Waals surface area contributed by atoms with Crippen LogP contribution in [0.4, 0.5) is 20.6 Å². The van der Waals surface area contributed by atoms with E-state index in [-0.39, 0.29) is 12.6 Å². The van der Waals surface area contributed by atoms with Crippen LogP contribution in [-0.4, -0.2) is 61.4 Å². The highest BCUT2D eigenvalue weighted by Gasteiger charge is 2.34. The number of carbonyl (C=O) groups is 1. The highest BCUT2D eigenvalue weighted by molar-refractivity contribution is 7.80. The molecule has 1 unspecified atom stereocenters. The lowest BCUT2D eigenvalue weighted by Gasteiger charge is -2.33. The third-order valence-electron chi connectivity index (χ3n) is 4.79. The van der Waals surface area contributed by atoms with Crippen LogP contribution < -0.4 is 15.1 Å². The molecule has 0 radical (unpaired) electrons. The summed E-state index contributed by atoms with van der Waals surface area (Å²) in [5.74, 6) is -0.395. The van der Waals surface area contributed by atoms with Gasteiger partial charge in [-0.1, -0.05) is 19.1 Å². The maximum atomic E-state index is 14.8. The van der Waals surface area contributed by atoms with Crippen molar-refractivity contribution in [3.8, 4) is 6.19 Å². The summed E-state index contributed by atoms with van der Waals surface area (Å²) in [6.07, 6.45) is 2.34. The molecule has 2 heterocycles. The van der Waals surface area contributed by atoms with Gasteiger partial charge in [0.1, 0.15) is 12.4 Å². The van der Waals surface area contributed by atoms with E-state index in [1.165, 1.54) is 11.0 Å². The van der Waals surface area contributed by atoms with Gasteiger partial charge in [-0.15, -0.1) is 0 Å². The fourth-order valence-corrected chi connectivity index (χ4v) is 3.32. The molecule has 1 atom stereocenters. The molecular formula is C18H22FN5O2S. The number of nitrogens with zero attached hydrogens (tertiary/aromatic N) is 4. The van der Waals surface area contributed by atoms with E-state index >= 15 is 0 Å². The topological polar surface area (TPSA) is 71.8 Å². The fraction of sp³-hybridized carbons (Fsp3) is 0.500. The van der Waals surface area contributed by atoms with Crippen LogP contribution in [0.2, 0.25) is 0 Å². The lowest BCUT2D eigenvalue weighted by Crippen LogP contribution is -2.44. The minimum absolute atomic E-state index is 0.234. The maximum absolute atomic E-state index is 14.8. The Kier molecular flexibility index (Phi) is 5.96. The van der Waals surface area contributed by atoms with Gasteiger partial charge in [0.05, 0.1) is 22.4 Å². The van der Waals surface area contributed by atoms with E-state index in [9.17, 15) is 9.18 Å². The SMILES string of the molecule is CCC(=S)NCC1COC(=O)N1c1ccc(N2CCN(C#N)CC2)c(F)c1. The van der Waals surface area contributed by atoms with Crippen LogP contribution in [0.5, 0.6) is 0 Å². The Hall–Kier alpha value is -2.60. The molecule has 9 heteroatoms. The summed E-state index contributed by atoms with van der Waals surface area (Å²) < 4.78 is 19.9. The van der Waals surface area contributed by atoms with Gasteiger partial charge in [0, 0.05) is 32.7 Å². The molecule has 27 heavy (non-hydrogen) atoms. The van der Waals surface area contributed by atoms with Gasteiger partial charge >= 0.3 is 6.09 Å². The van der Waals surface area contributed by atoms with E-state index in [0.29, 0.717) is 49.1 Å². The van der Waals surface area contributed by atoms with Crippen LogP contribution in [0.1, 0.15) is 13.3 Å². The first-order chi connectivity index (χ1) is 13.0. The van der Waals surface area contributed by atoms with Crippen molar-refractivity contribution in [2.75, 3.05) is 49.1 Å². The van der Waals surface area contributed by atoms with Crippen LogP contribution in [0.25, 0.3) is 0 Å². The first-order valence-corrected chi connectivity index (χ1v) is 9.36. The molecule has 2 fully saturated rings. The zero-order valence-corrected chi connectivity index (χ0v) is 16.0. The molecule has 0 aliphatic carbocycles. The number of rotatable bonds is 5. The summed E-state index contributed by atoms with van der Waals surface area (Å²) in [5.41, 5.74) is 0.939. The van der Waals surface area contributed by atoms with Crippen molar-refractivity contribution in [3.05, 3.63) is 24.0 Å². The van der Waals surface area contributed by atoms with Gasteiger partial charge in [0.2, 0.25) is 0 Å². The summed E-state index contributed by atoms with van der Waals surface area (Å²) in [6.45, 7) is 4.94. The predicted octanol–water partition coefficient (Wildman–Crippen LogP) is 2.08. The first-order valence-electron chi connectivity index (χ1n) is 8.95. The molecule has 2 aliphatic heterocycles. The first kappa shape index (κ1) is 19.2. The van der Waals surface area contributed by atoms with E-state index in [4.69, 9.17) is 22.2 Å². The van der Waals surface area contributed by atoms with Gasteiger partial charge < -0.3 is 19.9 Å². The number of piperazine rings is 1. The fourth-order valence-electron chi connectivity index (χ4n) is 3.23. The number of nitriles is 1. The van der Waals surface area contributed by atoms with Gasteiger partial charge in [-0.2, -0.15) is 5.26 Å². The van der Waals surface area contributed by atoms with Gasteiger partial charge in [0.25, 0.3) is 0 Å². The molecule has 1 amide bonds. The Balaban J connectivity index is 1.73. The van der Waals surface area contributed by atoms with Gasteiger partial charge in [-0.05, 0) is 24.6 Å². The summed E-state index contributed by atoms with van der Waals surface area (Å²) in [5, 5.41) is 12.0. The zero-order valence-electron chi connectivity index (χ0n) is 15.2. The Morgan fingerprint density at radius 2 is 2.15 bits per heavy atom. The standard InChI is InChI=1S/C18H22FN5O2S/c1-2-17(27)21-10-14-11-26-18(25)24(14)13-3-4-16(15(19)9-13)23-7-5-22(12-20)6-8-23/h3-4,9,14H,2,5-8,10-11H2,1H3,(H,21,27). The molecule has 0 aromatic heterocycles. The molecule has 3 rings (SSSR count). The molecule has 1 N–H and O–H groups in total. The summed E-state index contributed by atoms with van der Waals surface area (Å²) in [4.78, 5) is 17.9. The van der Waals surface area contributed by atoms with Crippen LogP contribution in [-0.2, 0) is 4.74 Å². The van der Waals surface area contributed by atoms with Crippen LogP contribution in [0, 0.1) is 17.3 Å². The quantitative estimate of drug-likeness (QED) is 0.609. The Labute approximate surface area is 163 Å². The number of anilines is 2. The molecule has 1 aromatic carbocycles. The number of carbonyl (C=O) groups excluding carboxylic acids is 1. The van der Waals surface area contributed by atoms with E-state index in [0.717, 1.165) is 6.42 Å². The number of hydrogen-bond donors (Lipinski definition) is 1. The Morgan fingerprint density at radius 1 is 1.41 bits per heavy atom. The lowest BCUT2D eigenvalue weighted by molar-refractivity contribution is 0.179. The highest BCUT2D eigenvalue weighted by Crippen LogP contribution is 2.29. The largest absolute Gasteiger partial charge is 0.447 e. The highest BCUT2D eigenvalue weighted by atomic mass is 32.1. The van der Waals surface area contributed by atoms with Crippen molar-refractivity contribution in [1.29, 1.82) is 5.26 Å². The predicted molar refractivity (Wildman–Crippen MR) is 104 cm³/mol. The second kappa shape index (κ2) is 8.39. The molecule has 2 saturated heterocycles. The average molecular weight is 391 g/mol. The molecule has 7 nitrogen and oxygen atoms in total. The number of nitrogens with one attached hydrogen (secondary N) is 1. The number of benzene rings is 1. The van der Waals surface area contributed by atoms with Gasteiger partial charge in [-0.3, -0.25) is 4.90 Å². The molecule has 1 aromatic rings. The molecule has 0 saturated carbocycles. The number of cyclic esters (lactones) is 1. The number of halogens is 1. The van der Waals surface area contributed by atoms with Gasteiger partial charge in [-0.25, -0.2) is 9.18 Å². The second-order valence-corrected chi connectivity index (χ2v) is 6.96. The summed E-state index contributed by atoms with van der Waals surface area (Å²) in [6, 6.07) is 4.53. The normalized spacial score (nSPS) is 19.7. The molecule has 144 valence electrons. The minimum Gasteiger partial charge on any atom is -0.447 e. The molecule has 0 bridgehead atoms.